The van der Waals surface area contributed by atoms with E-state index in [2.05, 4.69) is 299 Å². The minimum atomic E-state index is 0.838. The maximum Gasteiger partial charge on any atom is 0.145 e. The van der Waals surface area contributed by atoms with Crippen molar-refractivity contribution in [1.82, 2.24) is 4.57 Å². The Kier molecular flexibility index (Phi) is 10.7. The van der Waals surface area contributed by atoms with Crippen molar-refractivity contribution in [2.75, 3.05) is 9.80 Å². The molecule has 0 atom stereocenters. The van der Waals surface area contributed by atoms with Crippen molar-refractivity contribution in [1.29, 1.82) is 0 Å². The molecule has 0 N–H and O–H groups in total. The normalized spacial score (nSPS) is 11.6. The highest BCUT2D eigenvalue weighted by molar-refractivity contribution is 7.26. The third kappa shape index (κ3) is 7.58. The molecule has 0 aliphatic rings. The van der Waals surface area contributed by atoms with E-state index in [1.807, 2.05) is 11.3 Å². The fourth-order valence-corrected chi connectivity index (χ4v) is 12.8. The second-order valence-corrected chi connectivity index (χ2v) is 20.7. The van der Waals surface area contributed by atoms with Gasteiger partial charge in [0.15, 0.2) is 0 Å². The molecule has 0 saturated heterocycles. The second kappa shape index (κ2) is 18.5. The van der Waals surface area contributed by atoms with Crippen molar-refractivity contribution >= 4 is 109 Å². The average molecular weight is 1000 g/mol. The van der Waals surface area contributed by atoms with Gasteiger partial charge in [0.2, 0.25) is 0 Å². The number of fused-ring (bicyclic) bond motifs is 10. The average Bonchev–Trinajstić information content (AvgIpc) is 4.40. The van der Waals surface area contributed by atoms with E-state index in [1.54, 1.807) is 0 Å². The first kappa shape index (κ1) is 44.5. The number of benzene rings is 12. The third-order valence-corrected chi connectivity index (χ3v) is 16.3. The smallest absolute Gasteiger partial charge is 0.145 e. The molecule has 0 bridgehead atoms. The van der Waals surface area contributed by atoms with Gasteiger partial charge in [-0.05, 0) is 131 Å². The van der Waals surface area contributed by atoms with E-state index in [-0.39, 0.29) is 0 Å². The van der Waals surface area contributed by atoms with Crippen LogP contribution in [0.15, 0.2) is 290 Å². The first-order valence-corrected chi connectivity index (χ1v) is 27.0. The van der Waals surface area contributed by atoms with E-state index in [1.165, 1.54) is 36.7 Å². The van der Waals surface area contributed by atoms with Gasteiger partial charge >= 0.3 is 0 Å². The predicted octanol–water partition coefficient (Wildman–Crippen LogP) is 21.0. The van der Waals surface area contributed by atoms with Gasteiger partial charge in [0, 0.05) is 76.0 Å². The number of para-hydroxylation sites is 4. The van der Waals surface area contributed by atoms with Crippen LogP contribution < -0.4 is 9.80 Å². The van der Waals surface area contributed by atoms with Crippen LogP contribution in [0.2, 0.25) is 0 Å². The summed E-state index contributed by atoms with van der Waals surface area (Å²) in [6.45, 7) is 0. The first-order valence-electron chi connectivity index (χ1n) is 26.1. The van der Waals surface area contributed by atoms with Gasteiger partial charge < -0.3 is 18.8 Å². The van der Waals surface area contributed by atoms with E-state index in [0.717, 1.165) is 100 Å². The SMILES string of the molecule is c1ccc(-c2ccc(N(c3ccc(-c4ccccc4)cc3)c3cc(-c4cc5c6ccccc6n(-c6ccccc6)c5c5c4oc4ccccc45)cc(N(c4ccccc4)c4cccc5sc6ccccc6c45)c3)cc2)cc1. The van der Waals surface area contributed by atoms with Crippen molar-refractivity contribution in [2.24, 2.45) is 0 Å². The summed E-state index contributed by atoms with van der Waals surface area (Å²) in [6, 6.07) is 103. The Morgan fingerprint density at radius 2 is 0.844 bits per heavy atom. The number of nitrogens with zero attached hydrogens (tertiary/aromatic N) is 3. The van der Waals surface area contributed by atoms with Crippen molar-refractivity contribution in [3.63, 3.8) is 0 Å². The zero-order valence-electron chi connectivity index (χ0n) is 41.8. The molecule has 4 nitrogen and oxygen atoms in total. The number of rotatable bonds is 10. The Bertz CT molecular complexity index is 4580. The van der Waals surface area contributed by atoms with Crippen LogP contribution in [-0.4, -0.2) is 4.57 Å². The molecule has 0 fully saturated rings. The molecular formula is C72H47N3OS. The molecule has 0 amide bonds. The Balaban J connectivity index is 1.05. The molecule has 15 aromatic rings. The lowest BCUT2D eigenvalue weighted by Gasteiger charge is -2.31. The molecule has 3 heterocycles. The standard InChI is InChI=1S/C72H47N3OS/c1-5-20-48(21-6-1)50-36-40-55(41-37-50)73(56-42-38-51(39-43-56)49-22-7-2-8-23-49)57-44-52(45-58(46-57)74(53-24-9-3-10-25-53)65-32-19-35-68-69(65)61-30-15-18-34-67(61)77-68)62-47-63-59-28-13-16-31-64(59)75(54-26-11-4-12-27-54)71(63)70-60-29-14-17-33-66(60)76-72(62)70/h1-47H. The van der Waals surface area contributed by atoms with Gasteiger partial charge in [-0.25, -0.2) is 0 Å². The van der Waals surface area contributed by atoms with Crippen LogP contribution in [0.25, 0.3) is 103 Å². The van der Waals surface area contributed by atoms with Crippen LogP contribution in [0.1, 0.15) is 0 Å². The minimum absolute atomic E-state index is 0.838. The quantitative estimate of drug-likeness (QED) is 0.136. The Hall–Kier alpha value is -9.94. The summed E-state index contributed by atoms with van der Waals surface area (Å²) in [6.07, 6.45) is 0. The largest absolute Gasteiger partial charge is 0.455 e. The Labute approximate surface area is 449 Å². The lowest BCUT2D eigenvalue weighted by Crippen LogP contribution is -2.14. The summed E-state index contributed by atoms with van der Waals surface area (Å²) in [5.74, 6) is 0. The molecule has 0 aliphatic carbocycles. The maximum absolute atomic E-state index is 7.24. The van der Waals surface area contributed by atoms with E-state index >= 15 is 0 Å². The lowest BCUT2D eigenvalue weighted by atomic mass is 9.96. The molecule has 15 rings (SSSR count). The fraction of sp³-hybridized carbons (Fsp3) is 0. The zero-order chi connectivity index (χ0) is 50.8. The van der Waals surface area contributed by atoms with E-state index in [4.69, 9.17) is 4.42 Å². The Morgan fingerprint density at radius 1 is 0.325 bits per heavy atom. The van der Waals surface area contributed by atoms with Crippen molar-refractivity contribution < 1.29 is 4.42 Å². The summed E-state index contributed by atoms with van der Waals surface area (Å²) in [4.78, 5) is 4.87. The van der Waals surface area contributed by atoms with E-state index in [9.17, 15) is 0 Å². The summed E-state index contributed by atoms with van der Waals surface area (Å²) in [5.41, 5.74) is 18.0. The number of hydrogen-bond acceptors (Lipinski definition) is 4. The van der Waals surface area contributed by atoms with Crippen molar-refractivity contribution in [3.05, 3.63) is 285 Å². The maximum atomic E-state index is 7.24. The number of furan rings is 1. The highest BCUT2D eigenvalue weighted by Gasteiger charge is 2.26. The molecule has 77 heavy (non-hydrogen) atoms. The molecule has 0 unspecified atom stereocenters. The van der Waals surface area contributed by atoms with Crippen LogP contribution in [0, 0.1) is 0 Å². The molecule has 0 spiro atoms. The molecule has 0 saturated carbocycles. The summed E-state index contributed by atoms with van der Waals surface area (Å²) in [7, 11) is 0. The van der Waals surface area contributed by atoms with Crippen LogP contribution in [0.5, 0.6) is 0 Å². The second-order valence-electron chi connectivity index (χ2n) is 19.6. The third-order valence-electron chi connectivity index (χ3n) is 15.1. The summed E-state index contributed by atoms with van der Waals surface area (Å²) >= 11 is 1.84. The van der Waals surface area contributed by atoms with Gasteiger partial charge in [-0.3, -0.25) is 0 Å². The minimum Gasteiger partial charge on any atom is -0.455 e. The van der Waals surface area contributed by atoms with Gasteiger partial charge in [-0.1, -0.05) is 182 Å². The van der Waals surface area contributed by atoms with Crippen molar-refractivity contribution in [2.45, 2.75) is 0 Å². The van der Waals surface area contributed by atoms with Gasteiger partial charge in [-0.15, -0.1) is 11.3 Å². The fourth-order valence-electron chi connectivity index (χ4n) is 11.7. The zero-order valence-corrected chi connectivity index (χ0v) is 42.6. The molecule has 12 aromatic carbocycles. The molecule has 0 radical (unpaired) electrons. The van der Waals surface area contributed by atoms with Crippen LogP contribution >= 0.6 is 11.3 Å². The highest BCUT2D eigenvalue weighted by Crippen LogP contribution is 2.51. The van der Waals surface area contributed by atoms with Gasteiger partial charge in [-0.2, -0.15) is 0 Å². The summed E-state index contributed by atoms with van der Waals surface area (Å²) < 4.78 is 12.2. The monoisotopic (exact) mass is 1000 g/mol. The first-order chi connectivity index (χ1) is 38.2. The number of thiophene rings is 1. The molecular weight excluding hydrogens is 955 g/mol. The number of anilines is 6. The summed E-state index contributed by atoms with van der Waals surface area (Å²) in [5, 5.41) is 6.96. The van der Waals surface area contributed by atoms with E-state index < -0.39 is 0 Å². The molecule has 3 aromatic heterocycles. The molecule has 0 aliphatic heterocycles. The van der Waals surface area contributed by atoms with Gasteiger partial charge in [0.1, 0.15) is 11.2 Å². The van der Waals surface area contributed by atoms with E-state index in [0.29, 0.717) is 0 Å². The lowest BCUT2D eigenvalue weighted by molar-refractivity contribution is 0.670. The molecule has 5 heteroatoms. The number of aromatic nitrogens is 1. The Morgan fingerprint density at radius 3 is 1.52 bits per heavy atom. The van der Waals surface area contributed by atoms with Crippen LogP contribution in [-0.2, 0) is 0 Å². The molecule has 362 valence electrons. The van der Waals surface area contributed by atoms with Gasteiger partial charge in [0.05, 0.1) is 22.1 Å². The topological polar surface area (TPSA) is 24.6 Å². The van der Waals surface area contributed by atoms with Gasteiger partial charge in [0.25, 0.3) is 0 Å². The predicted molar refractivity (Wildman–Crippen MR) is 327 cm³/mol. The van der Waals surface area contributed by atoms with Crippen LogP contribution in [0.4, 0.5) is 34.1 Å². The van der Waals surface area contributed by atoms with Crippen molar-refractivity contribution in [3.8, 4) is 39.1 Å². The number of hydrogen-bond donors (Lipinski definition) is 0. The highest BCUT2D eigenvalue weighted by atomic mass is 32.1. The van der Waals surface area contributed by atoms with Crippen LogP contribution in [0.3, 0.4) is 0 Å².